The number of hydrogen-bond donors (Lipinski definition) is 2. The van der Waals surface area contributed by atoms with Crippen molar-refractivity contribution in [2.45, 2.75) is 38.1 Å². The second-order valence-corrected chi connectivity index (χ2v) is 6.30. The molecule has 1 aromatic rings. The number of primary amides is 1. The van der Waals surface area contributed by atoms with E-state index < -0.39 is 5.91 Å². The first-order valence-corrected chi connectivity index (χ1v) is 7.47. The molecule has 0 aromatic carbocycles. The number of nitrogens with two attached hydrogens (primary N) is 1. The van der Waals surface area contributed by atoms with Crippen molar-refractivity contribution >= 4 is 17.7 Å². The maximum Gasteiger partial charge on any atom is 0.252 e. The van der Waals surface area contributed by atoms with E-state index in [2.05, 4.69) is 22.5 Å². The number of nitrogens with zero attached hydrogens (tertiary/aromatic N) is 1. The number of hydrogen-bond acceptors (Lipinski definition) is 3. The van der Waals surface area contributed by atoms with Gasteiger partial charge in [-0.05, 0) is 31.1 Å². The quantitative estimate of drug-likeness (QED) is 0.885. The molecule has 0 spiro atoms. The Kier molecular flexibility index (Phi) is 2.59. The first kappa shape index (κ1) is 11.9. The van der Waals surface area contributed by atoms with Crippen LogP contribution in [0.15, 0.2) is 12.3 Å². The highest BCUT2D eigenvalue weighted by molar-refractivity contribution is 6.00. The van der Waals surface area contributed by atoms with Gasteiger partial charge in [-0.2, -0.15) is 0 Å². The molecule has 0 aliphatic heterocycles. The first-order chi connectivity index (χ1) is 9.72. The lowest BCUT2D eigenvalue weighted by molar-refractivity contribution is 0.100. The van der Waals surface area contributed by atoms with Crippen LogP contribution in [0.5, 0.6) is 0 Å². The summed E-state index contributed by atoms with van der Waals surface area (Å²) in [5.74, 6) is 1.24. The summed E-state index contributed by atoms with van der Waals surface area (Å²) in [7, 11) is 0. The standard InChI is InChI=1S/C16H19N3O/c17-16(20)12-8-18-13-3-1-2-11(13)15(12)19-14-7-9-4-5-10(14)6-9/h1-2,8-10,14H,3-7H2,(H2,17,20)(H,18,19)/t9-,10+,14?/m1/s1. The van der Waals surface area contributed by atoms with E-state index in [0.29, 0.717) is 11.6 Å². The van der Waals surface area contributed by atoms with Crippen LogP contribution < -0.4 is 11.1 Å². The molecule has 2 bridgehead atoms. The number of amides is 1. The average Bonchev–Trinajstić information content (AvgIpc) is 3.14. The van der Waals surface area contributed by atoms with Crippen LogP contribution in [-0.2, 0) is 6.42 Å². The highest BCUT2D eigenvalue weighted by atomic mass is 16.1. The number of carbonyl (C=O) groups excluding carboxylic acids is 1. The average molecular weight is 269 g/mol. The van der Waals surface area contributed by atoms with E-state index >= 15 is 0 Å². The van der Waals surface area contributed by atoms with Crippen LogP contribution in [0.3, 0.4) is 0 Å². The normalized spacial score (nSPS) is 29.7. The summed E-state index contributed by atoms with van der Waals surface area (Å²) < 4.78 is 0. The molecule has 4 rings (SSSR count). The van der Waals surface area contributed by atoms with Crippen molar-refractivity contribution in [3.8, 4) is 0 Å². The lowest BCUT2D eigenvalue weighted by Crippen LogP contribution is -2.28. The third kappa shape index (κ3) is 1.74. The van der Waals surface area contributed by atoms with Crippen molar-refractivity contribution < 1.29 is 4.79 Å². The molecule has 3 N–H and O–H groups in total. The largest absolute Gasteiger partial charge is 0.381 e. The molecule has 0 radical (unpaired) electrons. The number of nitrogens with one attached hydrogen (secondary N) is 1. The van der Waals surface area contributed by atoms with Crippen molar-refractivity contribution in [1.29, 1.82) is 0 Å². The molecule has 0 saturated heterocycles. The van der Waals surface area contributed by atoms with Gasteiger partial charge < -0.3 is 11.1 Å². The summed E-state index contributed by atoms with van der Waals surface area (Å²) in [6.45, 7) is 0. The fraction of sp³-hybridized carbons (Fsp3) is 0.500. The smallest absolute Gasteiger partial charge is 0.252 e. The monoisotopic (exact) mass is 269 g/mol. The van der Waals surface area contributed by atoms with E-state index in [9.17, 15) is 4.79 Å². The number of pyridine rings is 1. The van der Waals surface area contributed by atoms with Gasteiger partial charge in [0, 0.05) is 24.2 Å². The number of carbonyl (C=O) groups is 1. The minimum absolute atomic E-state index is 0.397. The maximum atomic E-state index is 11.7. The molecule has 20 heavy (non-hydrogen) atoms. The van der Waals surface area contributed by atoms with Gasteiger partial charge in [-0.15, -0.1) is 0 Å². The number of anilines is 1. The van der Waals surface area contributed by atoms with Gasteiger partial charge in [0.05, 0.1) is 16.9 Å². The number of fused-ring (bicyclic) bond motifs is 3. The number of aromatic nitrogens is 1. The van der Waals surface area contributed by atoms with Gasteiger partial charge in [0.15, 0.2) is 0 Å². The van der Waals surface area contributed by atoms with Crippen molar-refractivity contribution in [3.05, 3.63) is 29.1 Å². The Hall–Kier alpha value is -1.84. The van der Waals surface area contributed by atoms with Crippen LogP contribution in [-0.4, -0.2) is 16.9 Å². The predicted octanol–water partition coefficient (Wildman–Crippen LogP) is 2.35. The number of allylic oxidation sites excluding steroid dienone is 1. The Morgan fingerprint density at radius 3 is 2.95 bits per heavy atom. The molecule has 4 heteroatoms. The van der Waals surface area contributed by atoms with Crippen molar-refractivity contribution in [3.63, 3.8) is 0 Å². The summed E-state index contributed by atoms with van der Waals surface area (Å²) in [5.41, 5.74) is 9.05. The van der Waals surface area contributed by atoms with Gasteiger partial charge in [-0.3, -0.25) is 9.78 Å². The molecule has 1 aromatic heterocycles. The van der Waals surface area contributed by atoms with Gasteiger partial charge in [-0.25, -0.2) is 0 Å². The lowest BCUT2D eigenvalue weighted by Gasteiger charge is -2.26. The zero-order chi connectivity index (χ0) is 13.7. The van der Waals surface area contributed by atoms with Crippen LogP contribution in [0.2, 0.25) is 0 Å². The van der Waals surface area contributed by atoms with Crippen molar-refractivity contribution in [1.82, 2.24) is 4.98 Å². The molecule has 2 fully saturated rings. The Balaban J connectivity index is 1.71. The summed E-state index contributed by atoms with van der Waals surface area (Å²) in [4.78, 5) is 16.0. The molecule has 4 nitrogen and oxygen atoms in total. The lowest BCUT2D eigenvalue weighted by atomic mass is 9.94. The fourth-order valence-electron chi connectivity index (χ4n) is 4.15. The van der Waals surface area contributed by atoms with Gasteiger partial charge in [0.2, 0.25) is 0 Å². The van der Waals surface area contributed by atoms with Crippen molar-refractivity contribution in [2.75, 3.05) is 5.32 Å². The minimum Gasteiger partial charge on any atom is -0.381 e. The van der Waals surface area contributed by atoms with E-state index in [1.165, 1.54) is 25.7 Å². The summed E-state index contributed by atoms with van der Waals surface area (Å²) in [6.07, 6.45) is 11.9. The van der Waals surface area contributed by atoms with Gasteiger partial charge in [-0.1, -0.05) is 18.6 Å². The van der Waals surface area contributed by atoms with Crippen LogP contribution >= 0.6 is 0 Å². The number of rotatable bonds is 3. The van der Waals surface area contributed by atoms with E-state index in [-0.39, 0.29) is 0 Å². The van der Waals surface area contributed by atoms with Crippen LogP contribution in [0.1, 0.15) is 47.3 Å². The molecule has 3 atom stereocenters. The molecule has 1 heterocycles. The molecule has 3 aliphatic carbocycles. The third-order valence-corrected chi connectivity index (χ3v) is 5.13. The van der Waals surface area contributed by atoms with E-state index in [1.54, 1.807) is 6.20 Å². The van der Waals surface area contributed by atoms with Gasteiger partial charge in [0.25, 0.3) is 5.91 Å². The summed E-state index contributed by atoms with van der Waals surface area (Å²) >= 11 is 0. The van der Waals surface area contributed by atoms with E-state index in [0.717, 1.165) is 35.2 Å². The zero-order valence-electron chi connectivity index (χ0n) is 11.4. The zero-order valence-corrected chi connectivity index (χ0v) is 11.4. The SMILES string of the molecule is NC(=O)c1cnc2c(c1NC1C[C@@H]3CC[C@H]1C3)C=CC2. The molecule has 2 saturated carbocycles. The van der Waals surface area contributed by atoms with Crippen LogP contribution in [0, 0.1) is 11.8 Å². The fourth-order valence-corrected chi connectivity index (χ4v) is 4.15. The Morgan fingerprint density at radius 2 is 2.25 bits per heavy atom. The van der Waals surface area contributed by atoms with Gasteiger partial charge >= 0.3 is 0 Å². The molecular weight excluding hydrogens is 250 g/mol. The highest BCUT2D eigenvalue weighted by Gasteiger charge is 2.40. The molecule has 104 valence electrons. The Bertz CT molecular complexity index is 608. The predicted molar refractivity (Wildman–Crippen MR) is 78.4 cm³/mol. The minimum atomic E-state index is -0.397. The molecular formula is C16H19N3O. The van der Waals surface area contributed by atoms with Gasteiger partial charge in [0.1, 0.15) is 0 Å². The molecule has 1 amide bonds. The van der Waals surface area contributed by atoms with Crippen LogP contribution in [0.25, 0.3) is 6.08 Å². The molecule has 3 aliphatic rings. The first-order valence-electron chi connectivity index (χ1n) is 7.47. The second kappa shape index (κ2) is 4.33. The van der Waals surface area contributed by atoms with Crippen LogP contribution in [0.4, 0.5) is 5.69 Å². The highest BCUT2D eigenvalue weighted by Crippen LogP contribution is 2.46. The summed E-state index contributed by atoms with van der Waals surface area (Å²) in [5, 5.41) is 3.63. The molecule has 1 unspecified atom stereocenters. The third-order valence-electron chi connectivity index (χ3n) is 5.13. The summed E-state index contributed by atoms with van der Waals surface area (Å²) in [6, 6.07) is 0.493. The maximum absolute atomic E-state index is 11.7. The Labute approximate surface area is 118 Å². The Morgan fingerprint density at radius 1 is 1.35 bits per heavy atom. The second-order valence-electron chi connectivity index (χ2n) is 6.30. The van der Waals surface area contributed by atoms with E-state index in [1.807, 2.05) is 0 Å². The van der Waals surface area contributed by atoms with Crippen molar-refractivity contribution in [2.24, 2.45) is 17.6 Å². The van der Waals surface area contributed by atoms with E-state index in [4.69, 9.17) is 5.73 Å². The topological polar surface area (TPSA) is 68.0 Å².